The van der Waals surface area contributed by atoms with Gasteiger partial charge in [-0.05, 0) is 70.1 Å². The van der Waals surface area contributed by atoms with E-state index >= 15 is 0 Å². The molecular weight excluding hydrogens is 576 g/mol. The van der Waals surface area contributed by atoms with Crippen LogP contribution in [0.25, 0.3) is 0 Å². The zero-order chi connectivity index (χ0) is 32.5. The molecule has 12 nitrogen and oxygen atoms in total. The van der Waals surface area contributed by atoms with Gasteiger partial charge in [0.1, 0.15) is 0 Å². The van der Waals surface area contributed by atoms with Gasteiger partial charge in [-0.3, -0.25) is 0 Å². The summed E-state index contributed by atoms with van der Waals surface area (Å²) in [6, 6.07) is -2.61. The predicted molar refractivity (Wildman–Crippen MR) is 169 cm³/mol. The molecule has 0 bridgehead atoms. The van der Waals surface area contributed by atoms with E-state index in [1.807, 2.05) is 20.8 Å². The van der Waals surface area contributed by atoms with Gasteiger partial charge in [-0.1, -0.05) is 52.9 Å². The second-order valence-corrected chi connectivity index (χ2v) is 13.2. The van der Waals surface area contributed by atoms with E-state index in [9.17, 15) is 28.8 Å². The fourth-order valence-corrected chi connectivity index (χ4v) is 8.90. The molecule has 0 radical (unpaired) electrons. The highest BCUT2D eigenvalue weighted by Gasteiger charge is 2.40. The highest BCUT2D eigenvalue weighted by molar-refractivity contribution is 5.34. The van der Waals surface area contributed by atoms with Gasteiger partial charge < -0.3 is 0 Å². The third-order valence-corrected chi connectivity index (χ3v) is 10.9. The van der Waals surface area contributed by atoms with Crippen LogP contribution in [0.5, 0.6) is 0 Å². The summed E-state index contributed by atoms with van der Waals surface area (Å²) in [5, 5.41) is 0. The lowest BCUT2D eigenvalue weighted by Gasteiger charge is -2.38. The van der Waals surface area contributed by atoms with Crippen molar-refractivity contribution in [3.63, 3.8) is 0 Å². The Kier molecular flexibility index (Phi) is 12.4. The number of isocyanates is 3. The van der Waals surface area contributed by atoms with E-state index in [-0.39, 0.29) is 35.9 Å². The highest BCUT2D eigenvalue weighted by atomic mass is 16.2. The minimum Gasteiger partial charge on any atom is -0.247 e. The third-order valence-electron chi connectivity index (χ3n) is 10.9. The Balaban J connectivity index is 1.99. The molecule has 0 aliphatic heterocycles. The SMILES string of the molecule is CCC(C1CCCC(N=C=O)C1)n1c(=O)n(C(CC)C2CCCCC2N=C=O)c(=O)n(C(CC)C2CCCCC2N=C=O)c1=O. The Morgan fingerprint density at radius 3 is 1.42 bits per heavy atom. The van der Waals surface area contributed by atoms with Crippen molar-refractivity contribution in [1.29, 1.82) is 0 Å². The molecule has 4 rings (SSSR count). The van der Waals surface area contributed by atoms with Crippen LogP contribution in [0.1, 0.15) is 135 Å². The van der Waals surface area contributed by atoms with Crippen LogP contribution in [0.2, 0.25) is 0 Å². The predicted octanol–water partition coefficient (Wildman–Crippen LogP) is 4.71. The molecule has 0 N–H and O–H groups in total. The maximum absolute atomic E-state index is 14.6. The summed E-state index contributed by atoms with van der Waals surface area (Å²) in [6.07, 6.45) is 15.6. The minimum absolute atomic E-state index is 0.0972. The lowest BCUT2D eigenvalue weighted by molar-refractivity contribution is 0.157. The maximum atomic E-state index is 14.6. The van der Waals surface area contributed by atoms with Gasteiger partial charge in [0.15, 0.2) is 0 Å². The van der Waals surface area contributed by atoms with Gasteiger partial charge in [0.25, 0.3) is 0 Å². The zero-order valence-electron chi connectivity index (χ0n) is 26.9. The van der Waals surface area contributed by atoms with Gasteiger partial charge in [0.2, 0.25) is 18.2 Å². The lowest BCUT2D eigenvalue weighted by Crippen LogP contribution is -2.60. The molecule has 3 saturated carbocycles. The molecule has 12 heteroatoms. The summed E-state index contributed by atoms with van der Waals surface area (Å²) < 4.78 is 3.85. The van der Waals surface area contributed by atoms with Crippen molar-refractivity contribution in [3.8, 4) is 0 Å². The Labute approximate surface area is 263 Å². The van der Waals surface area contributed by atoms with Crippen molar-refractivity contribution in [2.24, 2.45) is 32.7 Å². The summed E-state index contributed by atoms with van der Waals surface area (Å²) >= 11 is 0. The zero-order valence-corrected chi connectivity index (χ0v) is 26.9. The van der Waals surface area contributed by atoms with Crippen molar-refractivity contribution in [2.75, 3.05) is 0 Å². The molecule has 246 valence electrons. The van der Waals surface area contributed by atoms with Crippen molar-refractivity contribution in [2.45, 2.75) is 153 Å². The molecule has 0 aromatic carbocycles. The Hall–Kier alpha value is -3.45. The lowest BCUT2D eigenvalue weighted by atomic mass is 9.78. The van der Waals surface area contributed by atoms with E-state index in [0.717, 1.165) is 44.9 Å². The van der Waals surface area contributed by atoms with Gasteiger partial charge in [-0.25, -0.2) is 57.4 Å². The van der Waals surface area contributed by atoms with Crippen LogP contribution in [0.3, 0.4) is 0 Å². The smallest absolute Gasteiger partial charge is 0.247 e. The van der Waals surface area contributed by atoms with Crippen LogP contribution < -0.4 is 17.1 Å². The second-order valence-electron chi connectivity index (χ2n) is 13.2. The topological polar surface area (TPSA) is 154 Å². The van der Waals surface area contributed by atoms with E-state index in [1.54, 1.807) is 18.2 Å². The highest BCUT2D eigenvalue weighted by Crippen LogP contribution is 2.39. The van der Waals surface area contributed by atoms with Crippen LogP contribution in [0.4, 0.5) is 0 Å². The molecule has 45 heavy (non-hydrogen) atoms. The number of rotatable bonds is 12. The van der Waals surface area contributed by atoms with Gasteiger partial charge in [-0.2, -0.15) is 0 Å². The molecule has 0 spiro atoms. The van der Waals surface area contributed by atoms with E-state index < -0.39 is 35.2 Å². The first kappa shape index (κ1) is 34.4. The third kappa shape index (κ3) is 7.19. The Morgan fingerprint density at radius 2 is 1.00 bits per heavy atom. The van der Waals surface area contributed by atoms with E-state index in [1.165, 1.54) is 13.7 Å². The van der Waals surface area contributed by atoms with Gasteiger partial charge >= 0.3 is 17.1 Å². The number of nitrogens with zero attached hydrogens (tertiary/aromatic N) is 6. The normalized spacial score (nSPS) is 28.9. The average Bonchev–Trinajstić information content (AvgIpc) is 3.05. The fraction of sp³-hybridized carbons (Fsp3) is 0.818. The molecule has 1 aromatic heterocycles. The molecular formula is C33H48N6O6. The van der Waals surface area contributed by atoms with E-state index in [0.29, 0.717) is 51.4 Å². The number of aliphatic imine (C=N–C) groups is 3. The molecule has 3 aliphatic carbocycles. The summed E-state index contributed by atoms with van der Waals surface area (Å²) in [5.41, 5.74) is -1.93. The van der Waals surface area contributed by atoms with Crippen LogP contribution >= 0.6 is 0 Å². The van der Waals surface area contributed by atoms with Crippen LogP contribution in [0, 0.1) is 17.8 Å². The van der Waals surface area contributed by atoms with E-state index in [2.05, 4.69) is 15.0 Å². The monoisotopic (exact) mass is 624 g/mol. The summed E-state index contributed by atoms with van der Waals surface area (Å²) in [5.74, 6) is -0.573. The first-order chi connectivity index (χ1) is 21.9. The quantitative estimate of drug-likeness (QED) is 0.242. The first-order valence-electron chi connectivity index (χ1n) is 17.1. The van der Waals surface area contributed by atoms with Crippen molar-refractivity contribution in [1.82, 2.24) is 13.7 Å². The number of hydrogen-bond acceptors (Lipinski definition) is 9. The minimum atomic E-state index is -0.652. The summed E-state index contributed by atoms with van der Waals surface area (Å²) in [4.78, 5) is 89.9. The number of hydrogen-bond donors (Lipinski definition) is 0. The molecule has 1 heterocycles. The summed E-state index contributed by atoms with van der Waals surface area (Å²) in [6.45, 7) is 5.77. The molecule has 0 amide bonds. The maximum Gasteiger partial charge on any atom is 0.336 e. The van der Waals surface area contributed by atoms with Crippen LogP contribution in [-0.4, -0.2) is 50.1 Å². The van der Waals surface area contributed by atoms with E-state index in [4.69, 9.17) is 0 Å². The van der Waals surface area contributed by atoms with Crippen LogP contribution in [-0.2, 0) is 14.4 Å². The Bertz CT molecular complexity index is 1410. The number of aromatic nitrogens is 3. The van der Waals surface area contributed by atoms with Crippen molar-refractivity contribution < 1.29 is 14.4 Å². The van der Waals surface area contributed by atoms with Gasteiger partial charge in [-0.15, -0.1) is 0 Å². The molecule has 9 atom stereocenters. The molecule has 1 aromatic rings. The Morgan fingerprint density at radius 1 is 0.578 bits per heavy atom. The fourth-order valence-electron chi connectivity index (χ4n) is 8.90. The second kappa shape index (κ2) is 16.2. The average molecular weight is 625 g/mol. The van der Waals surface area contributed by atoms with Gasteiger partial charge in [0.05, 0.1) is 18.1 Å². The molecule has 3 fully saturated rings. The van der Waals surface area contributed by atoms with Crippen LogP contribution in [0.15, 0.2) is 29.4 Å². The number of carbonyl (C=O) groups excluding carboxylic acids is 3. The largest absolute Gasteiger partial charge is 0.336 e. The van der Waals surface area contributed by atoms with Gasteiger partial charge in [0, 0.05) is 30.0 Å². The molecule has 0 saturated heterocycles. The molecule has 3 aliphatic rings. The summed E-state index contributed by atoms with van der Waals surface area (Å²) in [7, 11) is 0. The first-order valence-corrected chi connectivity index (χ1v) is 17.1. The standard InChI is InChI=1S/C33H48N6O6/c1-4-28(22-12-11-13-23(18-22)34-19-40)37-31(43)38(29(5-2)24-14-7-9-16-26(24)35-20-41)33(45)39(32(37)44)30(6-3)25-15-8-10-17-27(25)36-21-42/h22-30H,4-18H2,1-3H3. The van der Waals surface area contributed by atoms with Crippen molar-refractivity contribution >= 4 is 18.2 Å². The van der Waals surface area contributed by atoms with Crippen molar-refractivity contribution in [3.05, 3.63) is 31.5 Å². The molecule has 9 unspecified atom stereocenters.